The monoisotopic (exact) mass is 241 g/mol. The van der Waals surface area contributed by atoms with Crippen LogP contribution >= 0.6 is 11.8 Å². The Morgan fingerprint density at radius 1 is 1.50 bits per heavy atom. The van der Waals surface area contributed by atoms with Crippen molar-refractivity contribution in [3.63, 3.8) is 0 Å². The molecule has 0 spiro atoms. The summed E-state index contributed by atoms with van der Waals surface area (Å²) in [6, 6.07) is 0.441. The lowest BCUT2D eigenvalue weighted by Gasteiger charge is -2.22. The molecule has 0 unspecified atom stereocenters. The van der Waals surface area contributed by atoms with Gasteiger partial charge in [0.25, 0.3) is 0 Å². The predicted octanol–water partition coefficient (Wildman–Crippen LogP) is 2.70. The van der Waals surface area contributed by atoms with Crippen LogP contribution in [0, 0.1) is 0 Å². The van der Waals surface area contributed by atoms with Gasteiger partial charge in [-0.25, -0.2) is 0 Å². The summed E-state index contributed by atoms with van der Waals surface area (Å²) in [6.07, 6.45) is 6.21. The molecule has 0 amide bonds. The quantitative estimate of drug-likeness (QED) is 0.830. The molecule has 0 aromatic carbocycles. The zero-order chi connectivity index (χ0) is 12.2. The minimum Gasteiger partial charge on any atom is -0.311 e. The Kier molecular flexibility index (Phi) is 4.87. The molecule has 0 aliphatic carbocycles. The van der Waals surface area contributed by atoms with Crippen LogP contribution in [0.15, 0.2) is 12.4 Å². The first-order chi connectivity index (χ1) is 7.44. The van der Waals surface area contributed by atoms with E-state index >= 15 is 0 Å². The second-order valence-corrected chi connectivity index (χ2v) is 6.50. The van der Waals surface area contributed by atoms with Crippen LogP contribution < -0.4 is 5.32 Å². The van der Waals surface area contributed by atoms with E-state index in [4.69, 9.17) is 0 Å². The van der Waals surface area contributed by atoms with Gasteiger partial charge in [0.05, 0.1) is 6.20 Å². The fraction of sp³-hybridized carbons (Fsp3) is 0.750. The number of aromatic nitrogens is 2. The maximum atomic E-state index is 4.32. The van der Waals surface area contributed by atoms with Gasteiger partial charge in [-0.3, -0.25) is 4.68 Å². The van der Waals surface area contributed by atoms with Crippen LogP contribution in [-0.4, -0.2) is 27.3 Å². The topological polar surface area (TPSA) is 29.9 Å². The minimum absolute atomic E-state index is 0.300. The van der Waals surface area contributed by atoms with Crippen LogP contribution in [0.3, 0.4) is 0 Å². The summed E-state index contributed by atoms with van der Waals surface area (Å²) in [5.74, 6) is 0. The third-order valence-electron chi connectivity index (χ3n) is 2.62. The van der Waals surface area contributed by atoms with Crippen LogP contribution in [-0.2, 0) is 6.54 Å². The molecule has 0 radical (unpaired) electrons. The minimum atomic E-state index is 0.300. The SMILES string of the molecule is CSC(C)(C)CNCc1cnn(C(C)C)c1. The molecule has 0 saturated carbocycles. The first-order valence-electron chi connectivity index (χ1n) is 5.73. The standard InChI is InChI=1S/C12H23N3S/c1-10(2)15-8-11(7-14-15)6-13-9-12(3,4)16-5/h7-8,10,13H,6,9H2,1-5H3. The van der Waals surface area contributed by atoms with Gasteiger partial charge in [-0.05, 0) is 34.0 Å². The van der Waals surface area contributed by atoms with Crippen molar-refractivity contribution in [1.82, 2.24) is 15.1 Å². The third kappa shape index (κ3) is 4.18. The molecule has 0 fully saturated rings. The highest BCUT2D eigenvalue weighted by Crippen LogP contribution is 2.19. The Morgan fingerprint density at radius 2 is 2.19 bits per heavy atom. The van der Waals surface area contributed by atoms with Gasteiger partial charge >= 0.3 is 0 Å². The Morgan fingerprint density at radius 3 is 2.69 bits per heavy atom. The van der Waals surface area contributed by atoms with E-state index in [0.717, 1.165) is 13.1 Å². The second kappa shape index (κ2) is 5.73. The smallest absolute Gasteiger partial charge is 0.0534 e. The lowest BCUT2D eigenvalue weighted by molar-refractivity contribution is 0.531. The van der Waals surface area contributed by atoms with E-state index in [1.165, 1.54) is 5.56 Å². The molecule has 0 aliphatic rings. The van der Waals surface area contributed by atoms with Crippen molar-refractivity contribution in [3.05, 3.63) is 18.0 Å². The average Bonchev–Trinajstić information content (AvgIpc) is 2.66. The highest BCUT2D eigenvalue weighted by Gasteiger charge is 2.14. The normalized spacial score (nSPS) is 12.4. The third-order valence-corrected chi connectivity index (χ3v) is 3.87. The van der Waals surface area contributed by atoms with Crippen molar-refractivity contribution < 1.29 is 0 Å². The summed E-state index contributed by atoms with van der Waals surface area (Å²) < 4.78 is 2.30. The summed E-state index contributed by atoms with van der Waals surface area (Å²) in [6.45, 7) is 10.7. The van der Waals surface area contributed by atoms with Crippen molar-refractivity contribution in [3.8, 4) is 0 Å². The number of hydrogen-bond donors (Lipinski definition) is 1. The van der Waals surface area contributed by atoms with Crippen LogP contribution in [0.4, 0.5) is 0 Å². The molecule has 1 aromatic rings. The van der Waals surface area contributed by atoms with E-state index in [9.17, 15) is 0 Å². The van der Waals surface area contributed by atoms with Crippen molar-refractivity contribution >= 4 is 11.8 Å². The molecule has 16 heavy (non-hydrogen) atoms. The molecule has 0 saturated heterocycles. The van der Waals surface area contributed by atoms with Crippen molar-refractivity contribution in [1.29, 1.82) is 0 Å². The number of nitrogens with zero attached hydrogens (tertiary/aromatic N) is 2. The first kappa shape index (κ1) is 13.6. The average molecular weight is 241 g/mol. The fourth-order valence-electron chi connectivity index (χ4n) is 1.33. The lowest BCUT2D eigenvalue weighted by atomic mass is 10.2. The molecule has 92 valence electrons. The molecule has 3 nitrogen and oxygen atoms in total. The molecule has 0 atom stereocenters. The second-order valence-electron chi connectivity index (χ2n) is 4.99. The van der Waals surface area contributed by atoms with Crippen molar-refractivity contribution in [2.45, 2.75) is 45.0 Å². The van der Waals surface area contributed by atoms with Gasteiger partial charge in [0.1, 0.15) is 0 Å². The Hall–Kier alpha value is -0.480. The lowest BCUT2D eigenvalue weighted by Crippen LogP contribution is -2.31. The van der Waals surface area contributed by atoms with Gasteiger partial charge in [-0.15, -0.1) is 0 Å². The van der Waals surface area contributed by atoms with Gasteiger partial charge in [-0.2, -0.15) is 16.9 Å². The summed E-state index contributed by atoms with van der Waals surface area (Å²) in [7, 11) is 0. The summed E-state index contributed by atoms with van der Waals surface area (Å²) in [5, 5.41) is 7.79. The van der Waals surface area contributed by atoms with Gasteiger partial charge in [0, 0.05) is 35.6 Å². The molecule has 1 heterocycles. The molecular formula is C12H23N3S. The van der Waals surface area contributed by atoms with Crippen molar-refractivity contribution in [2.24, 2.45) is 0 Å². The number of thioether (sulfide) groups is 1. The van der Waals surface area contributed by atoms with Crippen LogP contribution in [0.25, 0.3) is 0 Å². The molecule has 4 heteroatoms. The first-order valence-corrected chi connectivity index (χ1v) is 6.96. The largest absolute Gasteiger partial charge is 0.311 e. The highest BCUT2D eigenvalue weighted by atomic mass is 32.2. The molecule has 1 rings (SSSR count). The Balaban J connectivity index is 2.37. The number of hydrogen-bond acceptors (Lipinski definition) is 3. The molecule has 1 aromatic heterocycles. The summed E-state index contributed by atoms with van der Waals surface area (Å²) >= 11 is 1.89. The van der Waals surface area contributed by atoms with Crippen LogP contribution in [0.2, 0.25) is 0 Å². The van der Waals surface area contributed by atoms with E-state index in [1.807, 2.05) is 22.6 Å². The summed E-state index contributed by atoms with van der Waals surface area (Å²) in [5.41, 5.74) is 1.26. The van der Waals surface area contributed by atoms with Crippen LogP contribution in [0.1, 0.15) is 39.3 Å². The van der Waals surface area contributed by atoms with E-state index in [0.29, 0.717) is 10.8 Å². The maximum Gasteiger partial charge on any atom is 0.0534 e. The maximum absolute atomic E-state index is 4.32. The Bertz CT molecular complexity index is 318. The van der Waals surface area contributed by atoms with Gasteiger partial charge in [-0.1, -0.05) is 0 Å². The van der Waals surface area contributed by atoms with E-state index in [1.54, 1.807) is 0 Å². The zero-order valence-corrected chi connectivity index (χ0v) is 11.8. The van der Waals surface area contributed by atoms with Crippen molar-refractivity contribution in [2.75, 3.05) is 12.8 Å². The predicted molar refractivity (Wildman–Crippen MR) is 71.9 cm³/mol. The van der Waals surface area contributed by atoms with Gasteiger partial charge < -0.3 is 5.32 Å². The summed E-state index contributed by atoms with van der Waals surface area (Å²) in [4.78, 5) is 0. The molecule has 0 bridgehead atoms. The van der Waals surface area contributed by atoms with Gasteiger partial charge in [0.15, 0.2) is 0 Å². The van der Waals surface area contributed by atoms with E-state index in [-0.39, 0.29) is 0 Å². The van der Waals surface area contributed by atoms with E-state index in [2.05, 4.69) is 50.6 Å². The zero-order valence-electron chi connectivity index (χ0n) is 10.9. The van der Waals surface area contributed by atoms with Gasteiger partial charge in [0.2, 0.25) is 0 Å². The highest BCUT2D eigenvalue weighted by molar-refractivity contribution is 7.99. The Labute approximate surface area is 103 Å². The number of nitrogens with one attached hydrogen (secondary N) is 1. The molecule has 0 aliphatic heterocycles. The molecular weight excluding hydrogens is 218 g/mol. The number of rotatable bonds is 6. The van der Waals surface area contributed by atoms with E-state index < -0.39 is 0 Å². The fourth-order valence-corrected chi connectivity index (χ4v) is 1.58. The molecule has 1 N–H and O–H groups in total. The van der Waals surface area contributed by atoms with Crippen LogP contribution in [0.5, 0.6) is 0 Å².